The van der Waals surface area contributed by atoms with Crippen molar-refractivity contribution < 1.29 is 39.6 Å². The Kier molecular flexibility index (Phi) is 6.42. The fraction of sp³-hybridized carbons (Fsp3) is 0.176. The van der Waals surface area contributed by atoms with Crippen LogP contribution >= 0.6 is 0 Å². The van der Waals surface area contributed by atoms with Gasteiger partial charge in [0.15, 0.2) is 0 Å². The normalized spacial score (nSPS) is 12.5. The highest BCUT2D eigenvalue weighted by molar-refractivity contribution is 7.89. The monoisotopic (exact) mass is 494 g/mol. The molecule has 1 heterocycles. The summed E-state index contributed by atoms with van der Waals surface area (Å²) in [7, 11) is -4.56. The van der Waals surface area contributed by atoms with Crippen LogP contribution in [0.3, 0.4) is 0 Å². The van der Waals surface area contributed by atoms with E-state index >= 15 is 0 Å². The number of rotatable bonds is 6. The number of tetrazole rings is 1. The predicted octanol–water partition coefficient (Wildman–Crippen LogP) is 2.39. The Morgan fingerprint density at radius 2 is 1.67 bits per heavy atom. The molecular formula is C17H12F6N6O3S. The van der Waals surface area contributed by atoms with Gasteiger partial charge in [0.05, 0.1) is 16.0 Å². The molecule has 0 unspecified atom stereocenters. The van der Waals surface area contributed by atoms with Gasteiger partial charge in [-0.15, -0.1) is 15.0 Å². The van der Waals surface area contributed by atoms with Gasteiger partial charge in [-0.1, -0.05) is 24.3 Å². The van der Waals surface area contributed by atoms with Crippen LogP contribution < -0.4 is 10.3 Å². The largest absolute Gasteiger partial charge is 0.417 e. The lowest BCUT2D eigenvalue weighted by Crippen LogP contribution is -2.43. The molecule has 0 saturated heterocycles. The van der Waals surface area contributed by atoms with Gasteiger partial charge in [-0.25, -0.2) is 8.42 Å². The van der Waals surface area contributed by atoms with Crippen molar-refractivity contribution in [1.29, 1.82) is 0 Å². The highest BCUT2D eigenvalue weighted by atomic mass is 32.2. The number of hydrogen-bond donors (Lipinski definition) is 2. The van der Waals surface area contributed by atoms with E-state index in [-0.39, 0.29) is 5.56 Å². The van der Waals surface area contributed by atoms with E-state index < -0.39 is 56.7 Å². The minimum absolute atomic E-state index is 0.373. The first-order valence-corrected chi connectivity index (χ1v) is 10.2. The Morgan fingerprint density at radius 3 is 2.33 bits per heavy atom. The molecule has 0 radical (unpaired) electrons. The number of nitrogens with one attached hydrogen (secondary N) is 2. The summed E-state index contributed by atoms with van der Waals surface area (Å²) in [5.74, 6) is -1.50. The van der Waals surface area contributed by atoms with E-state index in [9.17, 15) is 39.6 Å². The fourth-order valence-electron chi connectivity index (χ4n) is 2.53. The second-order valence-electron chi connectivity index (χ2n) is 6.37. The zero-order valence-electron chi connectivity index (χ0n) is 16.0. The van der Waals surface area contributed by atoms with E-state index in [1.807, 2.05) is 0 Å². The van der Waals surface area contributed by atoms with Crippen molar-refractivity contribution in [3.8, 4) is 11.4 Å². The second-order valence-corrected chi connectivity index (χ2v) is 8.05. The first kappa shape index (κ1) is 24.1. The zero-order valence-corrected chi connectivity index (χ0v) is 16.8. The highest BCUT2D eigenvalue weighted by Crippen LogP contribution is 2.35. The van der Waals surface area contributed by atoms with Crippen LogP contribution in [-0.4, -0.2) is 34.5 Å². The molecule has 1 aromatic heterocycles. The van der Waals surface area contributed by atoms with Crippen LogP contribution in [0.2, 0.25) is 0 Å². The fourth-order valence-corrected chi connectivity index (χ4v) is 3.44. The van der Waals surface area contributed by atoms with Gasteiger partial charge in [0.1, 0.15) is 6.54 Å². The summed E-state index contributed by atoms with van der Waals surface area (Å²) in [6, 6.07) is 7.20. The van der Waals surface area contributed by atoms with Crippen molar-refractivity contribution in [2.45, 2.75) is 23.8 Å². The molecular weight excluding hydrogens is 482 g/mol. The maximum atomic E-state index is 13.1. The third-order valence-corrected chi connectivity index (χ3v) is 5.25. The first-order chi connectivity index (χ1) is 15.3. The smallest absolute Gasteiger partial charge is 0.276 e. The Labute approximate surface area is 181 Å². The van der Waals surface area contributed by atoms with E-state index in [2.05, 4.69) is 15.4 Å². The Morgan fingerprint density at radius 1 is 0.970 bits per heavy atom. The molecule has 0 spiro atoms. The summed E-state index contributed by atoms with van der Waals surface area (Å²) in [6.07, 6.45) is -9.48. The number of nitrogens with zero attached hydrogens (tertiary/aromatic N) is 4. The molecule has 0 aliphatic carbocycles. The number of sulfonamides is 1. The maximum Gasteiger partial charge on any atom is 0.417 e. The molecule has 1 amide bonds. The van der Waals surface area contributed by atoms with Crippen molar-refractivity contribution >= 4 is 15.9 Å². The molecule has 0 aliphatic rings. The second kappa shape index (κ2) is 8.78. The topological polar surface area (TPSA) is 119 Å². The molecule has 0 saturated carbocycles. The van der Waals surface area contributed by atoms with Crippen LogP contribution in [0, 0.1) is 0 Å². The molecule has 0 atom stereocenters. The van der Waals surface area contributed by atoms with Crippen LogP contribution in [0.4, 0.5) is 26.3 Å². The molecule has 0 fully saturated rings. The van der Waals surface area contributed by atoms with E-state index in [4.69, 9.17) is 0 Å². The number of carbonyl (C=O) groups is 1. The minimum atomic E-state index is -4.78. The third-order valence-electron chi connectivity index (χ3n) is 4.01. The lowest BCUT2D eigenvalue weighted by molar-refractivity contribution is -0.138. The number of amides is 1. The van der Waals surface area contributed by atoms with Gasteiger partial charge in [-0.3, -0.25) is 10.2 Å². The average Bonchev–Trinajstić information content (AvgIpc) is 3.19. The summed E-state index contributed by atoms with van der Waals surface area (Å²) in [5, 5.41) is 10.6. The summed E-state index contributed by atoms with van der Waals surface area (Å²) < 4.78 is 102. The minimum Gasteiger partial charge on any atom is -0.276 e. The van der Waals surface area contributed by atoms with Crippen molar-refractivity contribution in [3.63, 3.8) is 0 Å². The van der Waals surface area contributed by atoms with Crippen LogP contribution in [-0.2, 0) is 33.7 Å². The van der Waals surface area contributed by atoms with Crippen LogP contribution in [0.1, 0.15) is 11.1 Å². The standard InChI is InChI=1S/C17H12F6N6O3S/c18-16(19,20)10-4-3-5-11(8-10)33(31,32)28-24-14(30)9-29-26-15(25-27-29)12-6-1-2-7-13(12)17(21,22)23/h1-8,28H,9H2,(H,24,30). The number of hydrogen-bond acceptors (Lipinski definition) is 6. The maximum absolute atomic E-state index is 13.1. The number of alkyl halides is 6. The number of benzene rings is 2. The van der Waals surface area contributed by atoms with Gasteiger partial charge < -0.3 is 0 Å². The van der Waals surface area contributed by atoms with Crippen LogP contribution in [0.15, 0.2) is 53.4 Å². The summed E-state index contributed by atoms with van der Waals surface area (Å²) in [6.45, 7) is -0.758. The van der Waals surface area contributed by atoms with Gasteiger partial charge in [-0.2, -0.15) is 31.1 Å². The summed E-state index contributed by atoms with van der Waals surface area (Å²) >= 11 is 0. The van der Waals surface area contributed by atoms with E-state index in [1.54, 1.807) is 10.3 Å². The van der Waals surface area contributed by atoms with Crippen LogP contribution in [0.25, 0.3) is 11.4 Å². The number of hydrazine groups is 1. The van der Waals surface area contributed by atoms with Gasteiger partial charge in [0, 0.05) is 5.56 Å². The van der Waals surface area contributed by atoms with Crippen molar-refractivity contribution in [3.05, 3.63) is 59.7 Å². The van der Waals surface area contributed by atoms with Crippen molar-refractivity contribution in [2.24, 2.45) is 0 Å². The van der Waals surface area contributed by atoms with Gasteiger partial charge in [0.25, 0.3) is 15.9 Å². The SMILES string of the molecule is O=C(Cn1nnc(-c2ccccc2C(F)(F)F)n1)NNS(=O)(=O)c1cccc(C(F)(F)F)c1. The number of aromatic nitrogens is 4. The lowest BCUT2D eigenvalue weighted by Gasteiger charge is -2.11. The molecule has 3 rings (SSSR count). The Balaban J connectivity index is 1.68. The van der Waals surface area contributed by atoms with Crippen LogP contribution in [0.5, 0.6) is 0 Å². The van der Waals surface area contributed by atoms with E-state index in [0.29, 0.717) is 16.9 Å². The highest BCUT2D eigenvalue weighted by Gasteiger charge is 2.34. The quantitative estimate of drug-likeness (QED) is 0.401. The molecule has 16 heteroatoms. The molecule has 0 bridgehead atoms. The van der Waals surface area contributed by atoms with E-state index in [0.717, 1.165) is 24.3 Å². The lowest BCUT2D eigenvalue weighted by atomic mass is 10.1. The Bertz CT molecular complexity index is 1270. The number of carbonyl (C=O) groups excluding carboxylic acids is 1. The number of halogens is 6. The van der Waals surface area contributed by atoms with Crippen molar-refractivity contribution in [2.75, 3.05) is 0 Å². The van der Waals surface area contributed by atoms with Crippen molar-refractivity contribution in [1.82, 2.24) is 30.5 Å². The predicted molar refractivity (Wildman–Crippen MR) is 98.2 cm³/mol. The van der Waals surface area contributed by atoms with Gasteiger partial charge >= 0.3 is 12.4 Å². The zero-order chi connectivity index (χ0) is 24.4. The van der Waals surface area contributed by atoms with E-state index in [1.165, 1.54) is 12.1 Å². The third kappa shape index (κ3) is 5.83. The molecule has 9 nitrogen and oxygen atoms in total. The molecule has 176 valence electrons. The summed E-state index contributed by atoms with van der Waals surface area (Å²) in [5.41, 5.74) is -0.879. The molecule has 33 heavy (non-hydrogen) atoms. The summed E-state index contributed by atoms with van der Waals surface area (Å²) in [4.78, 5) is 13.4. The molecule has 3 aromatic rings. The van der Waals surface area contributed by atoms with Gasteiger partial charge in [-0.05, 0) is 29.5 Å². The van der Waals surface area contributed by atoms with Gasteiger partial charge in [0.2, 0.25) is 5.82 Å². The first-order valence-electron chi connectivity index (χ1n) is 8.70. The average molecular weight is 494 g/mol. The molecule has 2 aromatic carbocycles. The molecule has 2 N–H and O–H groups in total. The Hall–Kier alpha value is -3.53. The molecule has 0 aliphatic heterocycles.